The highest BCUT2D eigenvalue weighted by Crippen LogP contribution is 2.27. The molecule has 1 heterocycles. The maximum Gasteiger partial charge on any atom is 0.573 e. The number of carbonyl (C=O) groups is 1. The van der Waals surface area contributed by atoms with Crippen molar-refractivity contribution in [3.63, 3.8) is 0 Å². The molecule has 0 atom stereocenters. The van der Waals surface area contributed by atoms with E-state index in [0.29, 0.717) is 6.07 Å². The number of hydrogen-bond donors (Lipinski definition) is 0. The zero-order valence-electron chi connectivity index (χ0n) is 7.52. The molecule has 0 aliphatic rings. The van der Waals surface area contributed by atoms with Crippen LogP contribution in [0.2, 0.25) is 0 Å². The summed E-state index contributed by atoms with van der Waals surface area (Å²) in [4.78, 5) is 13.7. The van der Waals surface area contributed by atoms with Crippen molar-refractivity contribution in [3.8, 4) is 5.75 Å². The molecule has 0 saturated carbocycles. The number of hydrogen-bond acceptors (Lipinski definition) is 3. The predicted molar refractivity (Wildman–Crippen MR) is 48.9 cm³/mol. The lowest BCUT2D eigenvalue weighted by Gasteiger charge is -2.11. The van der Waals surface area contributed by atoms with Gasteiger partial charge >= 0.3 is 6.36 Å². The molecule has 0 aromatic carbocycles. The van der Waals surface area contributed by atoms with Crippen LogP contribution >= 0.6 is 15.9 Å². The molecule has 3 nitrogen and oxygen atoms in total. The van der Waals surface area contributed by atoms with E-state index in [1.807, 2.05) is 0 Å². The molecule has 0 amide bonds. The Bertz CT molecular complexity index is 408. The summed E-state index contributed by atoms with van der Waals surface area (Å²) >= 11 is 2.86. The fourth-order valence-electron chi connectivity index (χ4n) is 0.918. The first kappa shape index (κ1) is 12.9. The maximum atomic E-state index is 13.0. The number of ether oxygens (including phenoxy) is 1. The third-order valence-corrected chi connectivity index (χ3v) is 2.04. The fourth-order valence-corrected chi connectivity index (χ4v) is 1.32. The van der Waals surface area contributed by atoms with E-state index in [1.54, 1.807) is 0 Å². The second kappa shape index (κ2) is 4.77. The minimum Gasteiger partial charge on any atom is -0.404 e. The van der Waals surface area contributed by atoms with E-state index >= 15 is 0 Å². The van der Waals surface area contributed by atoms with E-state index in [0.717, 1.165) is 0 Å². The minimum atomic E-state index is -4.94. The SMILES string of the molecule is O=Cc1nc(CBr)c(OC(F)(F)F)cc1F. The lowest BCUT2D eigenvalue weighted by Crippen LogP contribution is -2.19. The van der Waals surface area contributed by atoms with Crippen molar-refractivity contribution < 1.29 is 27.1 Å². The van der Waals surface area contributed by atoms with Crippen molar-refractivity contribution in [2.24, 2.45) is 0 Å². The van der Waals surface area contributed by atoms with Crippen LogP contribution in [0.25, 0.3) is 0 Å². The van der Waals surface area contributed by atoms with Crippen LogP contribution in [0.5, 0.6) is 5.75 Å². The highest BCUT2D eigenvalue weighted by Gasteiger charge is 2.32. The van der Waals surface area contributed by atoms with Gasteiger partial charge in [0, 0.05) is 11.4 Å². The number of halogens is 5. The summed E-state index contributed by atoms with van der Waals surface area (Å²) in [6.07, 6.45) is -4.83. The van der Waals surface area contributed by atoms with Crippen LogP contribution in [-0.4, -0.2) is 17.6 Å². The molecule has 0 fully saturated rings. The van der Waals surface area contributed by atoms with Gasteiger partial charge in [-0.15, -0.1) is 13.2 Å². The van der Waals surface area contributed by atoms with Gasteiger partial charge in [-0.3, -0.25) is 4.79 Å². The Morgan fingerprint density at radius 2 is 2.12 bits per heavy atom. The lowest BCUT2D eigenvalue weighted by molar-refractivity contribution is -0.275. The summed E-state index contributed by atoms with van der Waals surface area (Å²) in [5, 5.41) is -0.0977. The molecule has 0 N–H and O–H groups in total. The Kier molecular flexibility index (Phi) is 3.84. The Labute approximate surface area is 95.6 Å². The van der Waals surface area contributed by atoms with Gasteiger partial charge < -0.3 is 4.74 Å². The van der Waals surface area contributed by atoms with E-state index in [1.165, 1.54) is 0 Å². The van der Waals surface area contributed by atoms with Crippen LogP contribution in [0, 0.1) is 5.82 Å². The van der Waals surface area contributed by atoms with Crippen molar-refractivity contribution in [3.05, 3.63) is 23.3 Å². The predicted octanol–water partition coefficient (Wildman–Crippen LogP) is 2.83. The maximum absolute atomic E-state index is 13.0. The Balaban J connectivity index is 3.18. The Morgan fingerprint density at radius 1 is 1.50 bits per heavy atom. The average Bonchev–Trinajstić information content (AvgIpc) is 2.16. The molecule has 0 bridgehead atoms. The Morgan fingerprint density at radius 3 is 2.56 bits per heavy atom. The number of aldehydes is 1. The smallest absolute Gasteiger partial charge is 0.404 e. The topological polar surface area (TPSA) is 39.2 Å². The summed E-state index contributed by atoms with van der Waals surface area (Å²) < 4.78 is 52.3. The normalized spacial score (nSPS) is 11.3. The molecule has 1 aromatic rings. The number of pyridine rings is 1. The second-order valence-corrected chi connectivity index (χ2v) is 3.16. The first-order valence-electron chi connectivity index (χ1n) is 3.83. The van der Waals surface area contributed by atoms with E-state index < -0.39 is 23.6 Å². The number of rotatable bonds is 3. The number of carbonyl (C=O) groups excluding carboxylic acids is 1. The number of alkyl halides is 4. The molecule has 0 unspecified atom stereocenters. The van der Waals surface area contributed by atoms with Crippen molar-refractivity contribution in [1.82, 2.24) is 4.98 Å². The average molecular weight is 302 g/mol. The van der Waals surface area contributed by atoms with Crippen LogP contribution in [0.4, 0.5) is 17.6 Å². The molecular formula is C8H4BrF4NO2. The molecule has 1 rings (SSSR count). The monoisotopic (exact) mass is 301 g/mol. The van der Waals surface area contributed by atoms with E-state index in [9.17, 15) is 22.4 Å². The summed E-state index contributed by atoms with van der Waals surface area (Å²) in [5.41, 5.74) is -0.773. The molecule has 0 aliphatic heterocycles. The zero-order valence-corrected chi connectivity index (χ0v) is 9.10. The zero-order chi connectivity index (χ0) is 12.3. The van der Waals surface area contributed by atoms with Crippen LogP contribution in [0.15, 0.2) is 6.07 Å². The third-order valence-electron chi connectivity index (χ3n) is 1.51. The lowest BCUT2D eigenvalue weighted by atomic mass is 10.3. The summed E-state index contributed by atoms with van der Waals surface area (Å²) in [7, 11) is 0. The molecule has 0 aliphatic carbocycles. The molecule has 0 radical (unpaired) electrons. The summed E-state index contributed by atoms with van der Waals surface area (Å²) in [6, 6.07) is 0.473. The van der Waals surface area contributed by atoms with E-state index in [2.05, 4.69) is 25.7 Å². The van der Waals surface area contributed by atoms with Gasteiger partial charge in [0.25, 0.3) is 0 Å². The van der Waals surface area contributed by atoms with Crippen LogP contribution < -0.4 is 4.74 Å². The van der Waals surface area contributed by atoms with Gasteiger partial charge in [-0.1, -0.05) is 15.9 Å². The first-order valence-corrected chi connectivity index (χ1v) is 4.96. The number of aromatic nitrogens is 1. The fraction of sp³-hybridized carbons (Fsp3) is 0.250. The molecule has 16 heavy (non-hydrogen) atoms. The van der Waals surface area contributed by atoms with Crippen molar-refractivity contribution >= 4 is 22.2 Å². The van der Waals surface area contributed by atoms with Crippen molar-refractivity contribution in [1.29, 1.82) is 0 Å². The summed E-state index contributed by atoms with van der Waals surface area (Å²) in [5.74, 6) is -1.94. The van der Waals surface area contributed by atoms with Gasteiger partial charge in [0.1, 0.15) is 5.69 Å². The van der Waals surface area contributed by atoms with Gasteiger partial charge in [0.05, 0.1) is 5.69 Å². The quantitative estimate of drug-likeness (QED) is 0.489. The standard InChI is InChI=1S/C8H4BrF4NO2/c9-2-5-7(16-8(11,12)13)1-4(10)6(3-15)14-5/h1,3H,2H2. The van der Waals surface area contributed by atoms with Crippen LogP contribution in [0.1, 0.15) is 16.2 Å². The molecule has 0 spiro atoms. The van der Waals surface area contributed by atoms with E-state index in [-0.39, 0.29) is 17.3 Å². The molecule has 8 heteroatoms. The molecular weight excluding hydrogens is 298 g/mol. The van der Waals surface area contributed by atoms with Crippen LogP contribution in [0.3, 0.4) is 0 Å². The second-order valence-electron chi connectivity index (χ2n) is 2.60. The van der Waals surface area contributed by atoms with Crippen molar-refractivity contribution in [2.45, 2.75) is 11.7 Å². The highest BCUT2D eigenvalue weighted by molar-refractivity contribution is 9.08. The van der Waals surface area contributed by atoms with Crippen molar-refractivity contribution in [2.75, 3.05) is 0 Å². The highest BCUT2D eigenvalue weighted by atomic mass is 79.9. The molecule has 88 valence electrons. The first-order chi connectivity index (χ1) is 7.37. The van der Waals surface area contributed by atoms with Gasteiger partial charge in [-0.25, -0.2) is 9.37 Å². The number of nitrogens with zero attached hydrogens (tertiary/aromatic N) is 1. The molecule has 1 aromatic heterocycles. The van der Waals surface area contributed by atoms with Gasteiger partial charge in [-0.05, 0) is 0 Å². The molecule has 0 saturated heterocycles. The van der Waals surface area contributed by atoms with Gasteiger partial charge in [-0.2, -0.15) is 0 Å². The van der Waals surface area contributed by atoms with Crippen LogP contribution in [-0.2, 0) is 5.33 Å². The third kappa shape index (κ3) is 3.16. The minimum absolute atomic E-state index is 0.0977. The summed E-state index contributed by atoms with van der Waals surface area (Å²) in [6.45, 7) is 0. The largest absolute Gasteiger partial charge is 0.573 e. The van der Waals surface area contributed by atoms with Gasteiger partial charge in [0.15, 0.2) is 17.9 Å². The van der Waals surface area contributed by atoms with Gasteiger partial charge in [0.2, 0.25) is 0 Å². The van der Waals surface area contributed by atoms with E-state index in [4.69, 9.17) is 0 Å². The Hall–Kier alpha value is -1.18.